The third-order valence-corrected chi connectivity index (χ3v) is 2.25. The molecule has 0 spiro atoms. The van der Waals surface area contributed by atoms with Crippen LogP contribution in [0.3, 0.4) is 0 Å². The van der Waals surface area contributed by atoms with Gasteiger partial charge in [-0.25, -0.2) is 0 Å². The van der Waals surface area contributed by atoms with E-state index >= 15 is 0 Å². The summed E-state index contributed by atoms with van der Waals surface area (Å²) in [6.45, 7) is 0.747. The lowest BCUT2D eigenvalue weighted by Crippen LogP contribution is -2.58. The second-order valence-electron chi connectivity index (χ2n) is 3.18. The van der Waals surface area contributed by atoms with E-state index in [1.165, 1.54) is 7.11 Å². The molecule has 1 fully saturated rings. The number of nitrogens with two attached hydrogens (primary N) is 1. The van der Waals surface area contributed by atoms with Crippen molar-refractivity contribution in [2.75, 3.05) is 27.4 Å². The fourth-order valence-corrected chi connectivity index (χ4v) is 1.49. The molecule has 13 heavy (non-hydrogen) atoms. The Morgan fingerprint density at radius 2 is 2.23 bits per heavy atom. The molecule has 0 bridgehead atoms. The van der Waals surface area contributed by atoms with E-state index in [-0.39, 0.29) is 12.1 Å². The quantitative estimate of drug-likeness (QED) is 0.582. The molecule has 0 amide bonds. The Bertz CT molecular complexity index is 155. The Kier molecular flexibility index (Phi) is 4.08. The Morgan fingerprint density at radius 1 is 1.54 bits per heavy atom. The molecule has 0 radical (unpaired) electrons. The minimum atomic E-state index is -0.682. The first kappa shape index (κ1) is 10.9. The van der Waals surface area contributed by atoms with Crippen LogP contribution in [0.1, 0.15) is 0 Å². The van der Waals surface area contributed by atoms with Gasteiger partial charge in [0.15, 0.2) is 0 Å². The average molecular weight is 191 g/mol. The van der Waals surface area contributed by atoms with Gasteiger partial charge in [0.05, 0.1) is 19.3 Å². The lowest BCUT2D eigenvalue weighted by Gasteiger charge is -2.37. The van der Waals surface area contributed by atoms with Gasteiger partial charge in [0.2, 0.25) is 0 Å². The van der Waals surface area contributed by atoms with E-state index in [9.17, 15) is 5.11 Å². The molecular weight excluding hydrogens is 174 g/mol. The highest BCUT2D eigenvalue weighted by Gasteiger charge is 2.37. The van der Waals surface area contributed by atoms with E-state index in [2.05, 4.69) is 0 Å². The summed E-state index contributed by atoms with van der Waals surface area (Å²) in [6, 6.07) is -0.377. The zero-order valence-corrected chi connectivity index (χ0v) is 7.97. The highest BCUT2D eigenvalue weighted by molar-refractivity contribution is 4.89. The van der Waals surface area contributed by atoms with E-state index in [0.29, 0.717) is 13.2 Å². The summed E-state index contributed by atoms with van der Waals surface area (Å²) >= 11 is 0. The molecule has 0 aliphatic carbocycles. The maximum atomic E-state index is 9.65. The van der Waals surface area contributed by atoms with Crippen molar-refractivity contribution in [1.29, 1.82) is 0 Å². The predicted octanol–water partition coefficient (Wildman–Crippen LogP) is -1.27. The minimum Gasteiger partial charge on any atom is -0.389 e. The smallest absolute Gasteiger partial charge is 0.113 e. The topological polar surface area (TPSA) is 73.9 Å². The number of aliphatic hydroxyl groups excluding tert-OH is 1. The van der Waals surface area contributed by atoms with Crippen molar-refractivity contribution in [3.63, 3.8) is 0 Å². The number of hydrogen-bond donors (Lipinski definition) is 2. The molecule has 4 unspecified atom stereocenters. The van der Waals surface area contributed by atoms with Gasteiger partial charge in [0.1, 0.15) is 18.3 Å². The molecular formula is C8H17NO4. The van der Waals surface area contributed by atoms with Crippen LogP contribution in [0, 0.1) is 0 Å². The van der Waals surface area contributed by atoms with Gasteiger partial charge >= 0.3 is 0 Å². The van der Waals surface area contributed by atoms with Crippen LogP contribution in [0.5, 0.6) is 0 Å². The Labute approximate surface area is 77.8 Å². The van der Waals surface area contributed by atoms with Crippen molar-refractivity contribution in [3.05, 3.63) is 0 Å². The summed E-state index contributed by atoms with van der Waals surface area (Å²) in [4.78, 5) is 0. The van der Waals surface area contributed by atoms with Gasteiger partial charge in [0.25, 0.3) is 0 Å². The number of ether oxygens (including phenoxy) is 3. The second kappa shape index (κ2) is 4.88. The monoisotopic (exact) mass is 191 g/mol. The van der Waals surface area contributed by atoms with Gasteiger partial charge < -0.3 is 25.1 Å². The maximum absolute atomic E-state index is 9.65. The highest BCUT2D eigenvalue weighted by atomic mass is 16.6. The molecule has 0 aromatic heterocycles. The van der Waals surface area contributed by atoms with Crippen molar-refractivity contribution >= 4 is 0 Å². The Morgan fingerprint density at radius 3 is 2.77 bits per heavy atom. The van der Waals surface area contributed by atoms with Crippen molar-refractivity contribution in [2.24, 2.45) is 5.73 Å². The van der Waals surface area contributed by atoms with Gasteiger partial charge in [0, 0.05) is 14.2 Å². The summed E-state index contributed by atoms with van der Waals surface area (Å²) in [5, 5.41) is 9.65. The first-order chi connectivity index (χ1) is 6.20. The number of hydrogen-bond acceptors (Lipinski definition) is 5. The van der Waals surface area contributed by atoms with Gasteiger partial charge in [-0.05, 0) is 0 Å². The molecule has 1 rings (SSSR count). The molecule has 3 N–H and O–H groups in total. The molecule has 1 heterocycles. The van der Waals surface area contributed by atoms with Crippen LogP contribution in [0.2, 0.25) is 0 Å². The molecule has 5 nitrogen and oxygen atoms in total. The van der Waals surface area contributed by atoms with Crippen molar-refractivity contribution in [1.82, 2.24) is 0 Å². The lowest BCUT2D eigenvalue weighted by molar-refractivity contribution is -0.170. The van der Waals surface area contributed by atoms with E-state index in [0.717, 1.165) is 0 Å². The molecule has 0 saturated carbocycles. The first-order valence-corrected chi connectivity index (χ1v) is 4.27. The zero-order chi connectivity index (χ0) is 9.84. The van der Waals surface area contributed by atoms with Crippen LogP contribution in [0.15, 0.2) is 0 Å². The molecule has 0 aromatic rings. The number of rotatable bonds is 3. The minimum absolute atomic E-state index is 0.232. The number of aliphatic hydroxyl groups is 1. The Balaban J connectivity index is 2.55. The molecule has 0 aromatic carbocycles. The highest BCUT2D eigenvalue weighted by Crippen LogP contribution is 2.17. The molecule has 78 valence electrons. The standard InChI is InChI=1S/C8H17NO4/c1-11-4-6-8(12-2)7(10)5(9)3-13-6/h5-8,10H,3-4,9H2,1-2H3. The summed E-state index contributed by atoms with van der Waals surface area (Å²) in [5.41, 5.74) is 5.61. The van der Waals surface area contributed by atoms with Gasteiger partial charge in [-0.15, -0.1) is 0 Å². The maximum Gasteiger partial charge on any atom is 0.113 e. The van der Waals surface area contributed by atoms with E-state index < -0.39 is 12.2 Å². The van der Waals surface area contributed by atoms with E-state index in [4.69, 9.17) is 19.9 Å². The largest absolute Gasteiger partial charge is 0.389 e. The summed E-state index contributed by atoms with van der Waals surface area (Å²) in [6.07, 6.45) is -1.31. The lowest BCUT2D eigenvalue weighted by atomic mass is 9.99. The zero-order valence-electron chi connectivity index (χ0n) is 7.97. The normalized spacial score (nSPS) is 40.6. The van der Waals surface area contributed by atoms with E-state index in [1.807, 2.05) is 0 Å². The molecule has 1 aliphatic rings. The average Bonchev–Trinajstić information content (AvgIpc) is 2.12. The molecule has 4 atom stereocenters. The third kappa shape index (κ3) is 2.38. The second-order valence-corrected chi connectivity index (χ2v) is 3.18. The molecule has 1 saturated heterocycles. The van der Waals surface area contributed by atoms with Crippen LogP contribution in [0.25, 0.3) is 0 Å². The van der Waals surface area contributed by atoms with Gasteiger partial charge in [-0.3, -0.25) is 0 Å². The van der Waals surface area contributed by atoms with Crippen LogP contribution in [-0.2, 0) is 14.2 Å². The van der Waals surface area contributed by atoms with Crippen LogP contribution in [-0.4, -0.2) is 56.9 Å². The Hall–Kier alpha value is -0.200. The SMILES string of the molecule is COCC1OCC(N)C(O)C1OC. The summed E-state index contributed by atoms with van der Waals surface area (Å²) in [7, 11) is 3.11. The molecule has 1 aliphatic heterocycles. The summed E-state index contributed by atoms with van der Waals surface area (Å²) in [5.74, 6) is 0. The summed E-state index contributed by atoms with van der Waals surface area (Å²) < 4.78 is 15.4. The van der Waals surface area contributed by atoms with Crippen LogP contribution < -0.4 is 5.73 Å². The molecule has 5 heteroatoms. The predicted molar refractivity (Wildman–Crippen MR) is 46.4 cm³/mol. The van der Waals surface area contributed by atoms with Crippen LogP contribution in [0.4, 0.5) is 0 Å². The fourth-order valence-electron chi connectivity index (χ4n) is 1.49. The van der Waals surface area contributed by atoms with Crippen molar-refractivity contribution in [3.8, 4) is 0 Å². The van der Waals surface area contributed by atoms with Crippen LogP contribution >= 0.6 is 0 Å². The van der Waals surface area contributed by atoms with Crippen molar-refractivity contribution < 1.29 is 19.3 Å². The first-order valence-electron chi connectivity index (χ1n) is 4.27. The van der Waals surface area contributed by atoms with Gasteiger partial charge in [-0.1, -0.05) is 0 Å². The van der Waals surface area contributed by atoms with Gasteiger partial charge in [-0.2, -0.15) is 0 Å². The fraction of sp³-hybridized carbons (Fsp3) is 1.00. The third-order valence-electron chi connectivity index (χ3n) is 2.25. The van der Waals surface area contributed by atoms with E-state index in [1.54, 1.807) is 7.11 Å². The van der Waals surface area contributed by atoms with Crippen molar-refractivity contribution in [2.45, 2.75) is 24.4 Å². The number of methoxy groups -OCH3 is 2.